The molecule has 142 valence electrons. The molecule has 3 rings (SSSR count). The maximum atomic E-state index is 12.8. The molecule has 6 nitrogen and oxygen atoms in total. The van der Waals surface area contributed by atoms with Gasteiger partial charge in [-0.25, -0.2) is 0 Å². The molecule has 0 bridgehead atoms. The molecule has 2 aliphatic heterocycles. The minimum absolute atomic E-state index is 0.108. The molecule has 2 fully saturated rings. The van der Waals surface area contributed by atoms with E-state index in [1.54, 1.807) is 7.11 Å². The lowest BCUT2D eigenvalue weighted by Crippen LogP contribution is -2.50. The topological polar surface area (TPSA) is 53.1 Å². The maximum Gasteiger partial charge on any atom is 0.228 e. The second kappa shape index (κ2) is 8.08. The van der Waals surface area contributed by atoms with Crippen LogP contribution in [0.1, 0.15) is 25.8 Å². The Bertz CT molecular complexity index is 636. The van der Waals surface area contributed by atoms with Gasteiger partial charge in [0.05, 0.1) is 13.0 Å². The maximum absolute atomic E-state index is 12.8. The van der Waals surface area contributed by atoms with Gasteiger partial charge in [0, 0.05) is 51.7 Å². The van der Waals surface area contributed by atoms with Crippen LogP contribution in [0.5, 0.6) is 5.75 Å². The molecule has 2 heterocycles. The second-order valence-electron chi connectivity index (χ2n) is 7.49. The standard InChI is InChI=1S/C20H29N3O3/c1-15(2)23-14-17(12-19(23)24)20(25)22-10-8-21(9-11-22)13-16-4-6-18(26-3)7-5-16/h4-7,15,17H,8-14H2,1-3H3. The number of hydrogen-bond acceptors (Lipinski definition) is 4. The molecule has 1 unspecified atom stereocenters. The quantitative estimate of drug-likeness (QED) is 0.801. The van der Waals surface area contributed by atoms with E-state index in [0.717, 1.165) is 38.5 Å². The summed E-state index contributed by atoms with van der Waals surface area (Å²) in [6.45, 7) is 8.67. The average Bonchev–Trinajstić information content (AvgIpc) is 3.04. The van der Waals surface area contributed by atoms with Gasteiger partial charge in [-0.05, 0) is 31.5 Å². The van der Waals surface area contributed by atoms with E-state index < -0.39 is 0 Å². The van der Waals surface area contributed by atoms with Gasteiger partial charge in [-0.3, -0.25) is 14.5 Å². The van der Waals surface area contributed by atoms with Gasteiger partial charge in [-0.1, -0.05) is 12.1 Å². The minimum atomic E-state index is -0.168. The zero-order valence-corrected chi connectivity index (χ0v) is 16.0. The number of ether oxygens (including phenoxy) is 1. The first kappa shape index (κ1) is 18.7. The predicted molar refractivity (Wildman–Crippen MR) is 99.8 cm³/mol. The molecule has 2 aliphatic rings. The minimum Gasteiger partial charge on any atom is -0.497 e. The molecular weight excluding hydrogens is 330 g/mol. The first-order valence-electron chi connectivity index (χ1n) is 9.41. The number of carbonyl (C=O) groups is 2. The number of amides is 2. The largest absolute Gasteiger partial charge is 0.497 e. The molecule has 26 heavy (non-hydrogen) atoms. The lowest BCUT2D eigenvalue weighted by atomic mass is 10.1. The van der Waals surface area contributed by atoms with E-state index in [9.17, 15) is 9.59 Å². The number of rotatable bonds is 5. The Balaban J connectivity index is 1.48. The predicted octanol–water partition coefficient (Wildman–Crippen LogP) is 1.60. The zero-order valence-electron chi connectivity index (χ0n) is 16.0. The SMILES string of the molecule is COc1ccc(CN2CCN(C(=O)C3CC(=O)N(C(C)C)C3)CC2)cc1. The van der Waals surface area contributed by atoms with Gasteiger partial charge >= 0.3 is 0 Å². The summed E-state index contributed by atoms with van der Waals surface area (Å²) in [5, 5.41) is 0. The summed E-state index contributed by atoms with van der Waals surface area (Å²) in [6.07, 6.45) is 0.364. The second-order valence-corrected chi connectivity index (χ2v) is 7.49. The normalized spacial score (nSPS) is 21.5. The van der Waals surface area contributed by atoms with E-state index >= 15 is 0 Å². The van der Waals surface area contributed by atoms with Crippen molar-refractivity contribution in [2.24, 2.45) is 5.92 Å². The molecule has 0 saturated carbocycles. The molecule has 1 aromatic carbocycles. The monoisotopic (exact) mass is 359 g/mol. The summed E-state index contributed by atoms with van der Waals surface area (Å²) in [6, 6.07) is 8.29. The van der Waals surface area contributed by atoms with E-state index in [1.807, 2.05) is 35.8 Å². The number of carbonyl (C=O) groups excluding carboxylic acids is 2. The first-order valence-corrected chi connectivity index (χ1v) is 9.41. The van der Waals surface area contributed by atoms with Crippen LogP contribution in [-0.2, 0) is 16.1 Å². The summed E-state index contributed by atoms with van der Waals surface area (Å²) in [5.41, 5.74) is 1.25. The number of likely N-dealkylation sites (tertiary alicyclic amines) is 1. The van der Waals surface area contributed by atoms with Crippen molar-refractivity contribution in [3.05, 3.63) is 29.8 Å². The number of methoxy groups -OCH3 is 1. The first-order chi connectivity index (χ1) is 12.5. The molecule has 0 aromatic heterocycles. The molecule has 2 amide bonds. The van der Waals surface area contributed by atoms with Crippen molar-refractivity contribution in [1.29, 1.82) is 0 Å². The Hall–Kier alpha value is -2.08. The van der Waals surface area contributed by atoms with E-state index in [0.29, 0.717) is 13.0 Å². The van der Waals surface area contributed by atoms with Gasteiger partial charge in [0.15, 0.2) is 0 Å². The molecule has 6 heteroatoms. The third kappa shape index (κ3) is 4.18. The summed E-state index contributed by atoms with van der Waals surface area (Å²) < 4.78 is 5.19. The lowest BCUT2D eigenvalue weighted by Gasteiger charge is -2.36. The van der Waals surface area contributed by atoms with E-state index in [-0.39, 0.29) is 23.8 Å². The number of hydrogen-bond donors (Lipinski definition) is 0. The fourth-order valence-corrected chi connectivity index (χ4v) is 3.77. The highest BCUT2D eigenvalue weighted by molar-refractivity contribution is 5.89. The average molecular weight is 359 g/mol. The molecule has 0 radical (unpaired) electrons. The Kier molecular flexibility index (Phi) is 5.81. The van der Waals surface area contributed by atoms with Gasteiger partial charge in [0.1, 0.15) is 5.75 Å². The van der Waals surface area contributed by atoms with Crippen LogP contribution in [0.3, 0.4) is 0 Å². The van der Waals surface area contributed by atoms with Crippen molar-refractivity contribution in [1.82, 2.24) is 14.7 Å². The van der Waals surface area contributed by atoms with Gasteiger partial charge in [0.2, 0.25) is 11.8 Å². The van der Waals surface area contributed by atoms with E-state index in [4.69, 9.17) is 4.74 Å². The third-order valence-electron chi connectivity index (χ3n) is 5.38. The number of nitrogens with zero attached hydrogens (tertiary/aromatic N) is 3. The smallest absolute Gasteiger partial charge is 0.228 e. The Morgan fingerprint density at radius 1 is 1.15 bits per heavy atom. The summed E-state index contributed by atoms with van der Waals surface area (Å²) >= 11 is 0. The molecule has 0 aliphatic carbocycles. The van der Waals surface area contributed by atoms with Crippen molar-refractivity contribution in [2.75, 3.05) is 39.8 Å². The van der Waals surface area contributed by atoms with Crippen molar-refractivity contribution in [3.63, 3.8) is 0 Å². The molecule has 1 atom stereocenters. The highest BCUT2D eigenvalue weighted by Crippen LogP contribution is 2.23. The van der Waals surface area contributed by atoms with E-state index in [1.165, 1.54) is 5.56 Å². The van der Waals surface area contributed by atoms with Crippen LogP contribution in [0.4, 0.5) is 0 Å². The van der Waals surface area contributed by atoms with Crippen molar-refractivity contribution >= 4 is 11.8 Å². The molecule has 1 aromatic rings. The number of piperazine rings is 1. The van der Waals surface area contributed by atoms with Crippen LogP contribution in [-0.4, -0.2) is 72.4 Å². The van der Waals surface area contributed by atoms with E-state index in [2.05, 4.69) is 17.0 Å². The lowest BCUT2D eigenvalue weighted by molar-refractivity contribution is -0.137. The van der Waals surface area contributed by atoms with Gasteiger partial charge in [-0.2, -0.15) is 0 Å². The van der Waals surface area contributed by atoms with Crippen LogP contribution in [0.2, 0.25) is 0 Å². The molecule has 2 saturated heterocycles. The summed E-state index contributed by atoms with van der Waals surface area (Å²) in [7, 11) is 1.67. The van der Waals surface area contributed by atoms with Crippen LogP contribution in [0.15, 0.2) is 24.3 Å². The van der Waals surface area contributed by atoms with Crippen molar-refractivity contribution in [2.45, 2.75) is 32.9 Å². The molecular formula is C20H29N3O3. The fraction of sp³-hybridized carbons (Fsp3) is 0.600. The Labute approximate surface area is 155 Å². The summed E-state index contributed by atoms with van der Waals surface area (Å²) in [5.74, 6) is 0.950. The van der Waals surface area contributed by atoms with Crippen LogP contribution >= 0.6 is 0 Å². The highest BCUT2D eigenvalue weighted by atomic mass is 16.5. The Morgan fingerprint density at radius 2 is 1.81 bits per heavy atom. The van der Waals surface area contributed by atoms with Gasteiger partial charge in [0.25, 0.3) is 0 Å². The van der Waals surface area contributed by atoms with Gasteiger partial charge < -0.3 is 14.5 Å². The van der Waals surface area contributed by atoms with Crippen molar-refractivity contribution < 1.29 is 14.3 Å². The van der Waals surface area contributed by atoms with Crippen molar-refractivity contribution in [3.8, 4) is 5.75 Å². The number of benzene rings is 1. The zero-order chi connectivity index (χ0) is 18.7. The van der Waals surface area contributed by atoms with Crippen LogP contribution in [0.25, 0.3) is 0 Å². The van der Waals surface area contributed by atoms with Gasteiger partial charge in [-0.15, -0.1) is 0 Å². The highest BCUT2D eigenvalue weighted by Gasteiger charge is 2.38. The Morgan fingerprint density at radius 3 is 2.35 bits per heavy atom. The van der Waals surface area contributed by atoms with Crippen LogP contribution in [0, 0.1) is 5.92 Å². The molecule has 0 N–H and O–H groups in total. The summed E-state index contributed by atoms with van der Waals surface area (Å²) in [4.78, 5) is 30.9. The van der Waals surface area contributed by atoms with Crippen LogP contribution < -0.4 is 4.74 Å². The third-order valence-corrected chi connectivity index (χ3v) is 5.38. The fourth-order valence-electron chi connectivity index (χ4n) is 3.77. The molecule has 0 spiro atoms.